The highest BCUT2D eigenvalue weighted by Crippen LogP contribution is 2.23. The summed E-state index contributed by atoms with van der Waals surface area (Å²) in [5.41, 5.74) is 1.98. The highest BCUT2D eigenvalue weighted by atomic mass is 32.1. The van der Waals surface area contributed by atoms with E-state index in [2.05, 4.69) is 15.6 Å². The molecule has 2 N–H and O–H groups in total. The minimum Gasteiger partial charge on any atom is -0.383 e. The molecule has 134 valence electrons. The van der Waals surface area contributed by atoms with E-state index in [0.29, 0.717) is 35.5 Å². The molecule has 0 bridgehead atoms. The first-order chi connectivity index (χ1) is 12.5. The van der Waals surface area contributed by atoms with Crippen molar-refractivity contribution in [3.8, 4) is 0 Å². The van der Waals surface area contributed by atoms with Gasteiger partial charge < -0.3 is 10.6 Å². The third-order valence-electron chi connectivity index (χ3n) is 4.06. The second-order valence-electron chi connectivity index (χ2n) is 5.90. The SMILES string of the molecule is O=C1CCCC(NCc2cc(F)ncc2F)=C1C(=S)Nc1ccccc1. The van der Waals surface area contributed by atoms with Crippen LogP contribution in [0.5, 0.6) is 0 Å². The summed E-state index contributed by atoms with van der Waals surface area (Å²) in [5.74, 6) is -1.42. The summed E-state index contributed by atoms with van der Waals surface area (Å²) in [6, 6.07) is 10.3. The van der Waals surface area contributed by atoms with Gasteiger partial charge in [0, 0.05) is 36.0 Å². The zero-order valence-corrected chi connectivity index (χ0v) is 14.7. The molecule has 1 aromatic carbocycles. The van der Waals surface area contributed by atoms with Gasteiger partial charge >= 0.3 is 0 Å². The number of para-hydroxylation sites is 1. The Bertz CT molecular complexity index is 868. The first kappa shape index (κ1) is 18.1. The number of benzene rings is 1. The number of allylic oxidation sites excluding steroid dienone is 1. The Morgan fingerprint density at radius 1 is 1.19 bits per heavy atom. The van der Waals surface area contributed by atoms with Crippen molar-refractivity contribution >= 4 is 28.7 Å². The molecule has 0 fully saturated rings. The van der Waals surface area contributed by atoms with E-state index in [9.17, 15) is 13.6 Å². The van der Waals surface area contributed by atoms with Crippen LogP contribution in [0.2, 0.25) is 0 Å². The number of carbonyl (C=O) groups excluding carboxylic acids is 1. The molecular weight excluding hydrogens is 356 g/mol. The van der Waals surface area contributed by atoms with Gasteiger partial charge in [0.05, 0.1) is 11.8 Å². The summed E-state index contributed by atoms with van der Waals surface area (Å²) < 4.78 is 27.0. The number of Topliss-reactive ketones (excluding diaryl/α,β-unsaturated/α-hetero) is 1. The molecule has 26 heavy (non-hydrogen) atoms. The van der Waals surface area contributed by atoms with Gasteiger partial charge in [-0.2, -0.15) is 4.39 Å². The van der Waals surface area contributed by atoms with Crippen LogP contribution in [-0.2, 0) is 11.3 Å². The summed E-state index contributed by atoms with van der Waals surface area (Å²) >= 11 is 5.41. The van der Waals surface area contributed by atoms with Gasteiger partial charge in [0.2, 0.25) is 5.95 Å². The summed E-state index contributed by atoms with van der Waals surface area (Å²) in [5, 5.41) is 6.11. The Kier molecular flexibility index (Phi) is 5.68. The molecule has 0 radical (unpaired) electrons. The maximum Gasteiger partial charge on any atom is 0.213 e. The first-order valence-corrected chi connectivity index (χ1v) is 8.62. The molecule has 7 heteroatoms. The Labute approximate surface area is 155 Å². The fraction of sp³-hybridized carbons (Fsp3) is 0.211. The van der Waals surface area contributed by atoms with Crippen molar-refractivity contribution in [1.29, 1.82) is 0 Å². The summed E-state index contributed by atoms with van der Waals surface area (Å²) in [6.45, 7) is 0.0470. The molecule has 0 amide bonds. The van der Waals surface area contributed by atoms with Crippen LogP contribution < -0.4 is 10.6 Å². The van der Waals surface area contributed by atoms with Crippen molar-refractivity contribution in [1.82, 2.24) is 10.3 Å². The van der Waals surface area contributed by atoms with Crippen LogP contribution in [0.3, 0.4) is 0 Å². The molecular formula is C19H17F2N3OS. The molecule has 1 aromatic heterocycles. The van der Waals surface area contributed by atoms with Crippen LogP contribution in [0.15, 0.2) is 53.9 Å². The number of thiocarbonyl (C=S) groups is 1. The van der Waals surface area contributed by atoms with Gasteiger partial charge in [-0.15, -0.1) is 0 Å². The number of halogens is 2. The smallest absolute Gasteiger partial charge is 0.213 e. The molecule has 0 saturated carbocycles. The molecule has 3 rings (SSSR count). The minimum atomic E-state index is -0.751. The van der Waals surface area contributed by atoms with E-state index in [1.165, 1.54) is 0 Å². The van der Waals surface area contributed by atoms with Crippen LogP contribution >= 0.6 is 12.2 Å². The molecule has 0 unspecified atom stereocenters. The number of hydrogen-bond donors (Lipinski definition) is 2. The summed E-state index contributed by atoms with van der Waals surface area (Å²) in [7, 11) is 0. The van der Waals surface area contributed by atoms with Crippen LogP contribution in [0.4, 0.5) is 14.5 Å². The van der Waals surface area contributed by atoms with E-state index in [4.69, 9.17) is 12.2 Å². The van der Waals surface area contributed by atoms with Crippen molar-refractivity contribution in [2.45, 2.75) is 25.8 Å². The largest absolute Gasteiger partial charge is 0.383 e. The highest BCUT2D eigenvalue weighted by Gasteiger charge is 2.24. The normalized spacial score (nSPS) is 14.3. The van der Waals surface area contributed by atoms with E-state index in [-0.39, 0.29) is 17.9 Å². The van der Waals surface area contributed by atoms with E-state index in [1.807, 2.05) is 30.3 Å². The number of anilines is 1. The molecule has 0 atom stereocenters. The van der Waals surface area contributed by atoms with E-state index >= 15 is 0 Å². The third-order valence-corrected chi connectivity index (χ3v) is 4.37. The maximum atomic E-state index is 13.8. The average molecular weight is 373 g/mol. The predicted molar refractivity (Wildman–Crippen MR) is 99.5 cm³/mol. The van der Waals surface area contributed by atoms with E-state index < -0.39 is 11.8 Å². The van der Waals surface area contributed by atoms with Gasteiger partial charge in [-0.25, -0.2) is 9.37 Å². The van der Waals surface area contributed by atoms with Gasteiger partial charge in [-0.3, -0.25) is 4.79 Å². The van der Waals surface area contributed by atoms with E-state index in [0.717, 1.165) is 18.0 Å². The number of rotatable bonds is 5. The summed E-state index contributed by atoms with van der Waals surface area (Å²) in [6.07, 6.45) is 2.56. The number of hydrogen-bond acceptors (Lipinski definition) is 4. The Hall–Kier alpha value is -2.67. The topological polar surface area (TPSA) is 54.0 Å². The fourth-order valence-electron chi connectivity index (χ4n) is 2.79. The van der Waals surface area contributed by atoms with Gasteiger partial charge in [0.1, 0.15) is 10.8 Å². The van der Waals surface area contributed by atoms with Gasteiger partial charge in [0.25, 0.3) is 0 Å². The standard InChI is InChI=1S/C19H17F2N3OS/c20-14-11-23-17(21)9-12(14)10-22-15-7-4-8-16(25)18(15)19(26)24-13-5-2-1-3-6-13/h1-3,5-6,9,11,22H,4,7-8,10H2,(H,24,26). The third kappa shape index (κ3) is 4.29. The van der Waals surface area contributed by atoms with Crippen LogP contribution in [0, 0.1) is 11.8 Å². The zero-order valence-electron chi connectivity index (χ0n) is 13.9. The monoisotopic (exact) mass is 373 g/mol. The van der Waals surface area contributed by atoms with Crippen molar-refractivity contribution in [3.63, 3.8) is 0 Å². The number of carbonyl (C=O) groups is 1. The second kappa shape index (κ2) is 8.14. The highest BCUT2D eigenvalue weighted by molar-refractivity contribution is 7.81. The Morgan fingerprint density at radius 3 is 2.73 bits per heavy atom. The second-order valence-corrected chi connectivity index (χ2v) is 6.31. The Balaban J connectivity index is 1.81. The molecule has 2 aromatic rings. The average Bonchev–Trinajstić information content (AvgIpc) is 2.63. The maximum absolute atomic E-state index is 13.8. The lowest BCUT2D eigenvalue weighted by Crippen LogP contribution is -2.29. The zero-order chi connectivity index (χ0) is 18.5. The lowest BCUT2D eigenvalue weighted by molar-refractivity contribution is -0.115. The molecule has 0 spiro atoms. The van der Waals surface area contributed by atoms with Crippen molar-refractivity contribution < 1.29 is 13.6 Å². The molecule has 1 heterocycles. The first-order valence-electron chi connectivity index (χ1n) is 8.21. The van der Waals surface area contributed by atoms with E-state index in [1.54, 1.807) is 0 Å². The molecule has 4 nitrogen and oxygen atoms in total. The number of ketones is 1. The van der Waals surface area contributed by atoms with Crippen LogP contribution in [0.1, 0.15) is 24.8 Å². The van der Waals surface area contributed by atoms with Crippen LogP contribution in [0.25, 0.3) is 0 Å². The number of pyridine rings is 1. The molecule has 0 saturated heterocycles. The Morgan fingerprint density at radius 2 is 1.96 bits per heavy atom. The minimum absolute atomic E-state index is 0.0470. The number of nitrogens with one attached hydrogen (secondary N) is 2. The van der Waals surface area contributed by atoms with Crippen LogP contribution in [-0.4, -0.2) is 15.8 Å². The fourth-order valence-corrected chi connectivity index (χ4v) is 3.14. The van der Waals surface area contributed by atoms with Crippen molar-refractivity contribution in [2.75, 3.05) is 5.32 Å². The molecule has 1 aliphatic carbocycles. The lowest BCUT2D eigenvalue weighted by atomic mass is 9.94. The van der Waals surface area contributed by atoms with Gasteiger partial charge in [-0.1, -0.05) is 30.4 Å². The number of aromatic nitrogens is 1. The summed E-state index contributed by atoms with van der Waals surface area (Å²) in [4.78, 5) is 16.0. The molecule has 0 aliphatic heterocycles. The quantitative estimate of drug-likeness (QED) is 0.615. The predicted octanol–water partition coefficient (Wildman–Crippen LogP) is 3.90. The van der Waals surface area contributed by atoms with Gasteiger partial charge in [0.15, 0.2) is 5.78 Å². The van der Waals surface area contributed by atoms with Gasteiger partial charge in [-0.05, 0) is 25.0 Å². The van der Waals surface area contributed by atoms with Crippen molar-refractivity contribution in [2.24, 2.45) is 0 Å². The van der Waals surface area contributed by atoms with Crippen molar-refractivity contribution in [3.05, 3.63) is 71.2 Å². The lowest BCUT2D eigenvalue weighted by Gasteiger charge is -2.22. The number of nitrogens with zero attached hydrogens (tertiary/aromatic N) is 1. The molecule has 1 aliphatic rings.